The molecule has 1 N–H and O–H groups in total. The van der Waals surface area contributed by atoms with E-state index in [2.05, 4.69) is 0 Å². The van der Waals surface area contributed by atoms with Gasteiger partial charge in [-0.3, -0.25) is 9.59 Å². The molecule has 3 rings (SSSR count). The van der Waals surface area contributed by atoms with E-state index < -0.39 is 32.2 Å². The van der Waals surface area contributed by atoms with Gasteiger partial charge in [0.05, 0.1) is 17.7 Å². The van der Waals surface area contributed by atoms with Gasteiger partial charge < -0.3 is 19.6 Å². The Morgan fingerprint density at radius 1 is 1.30 bits per heavy atom. The zero-order valence-electron chi connectivity index (χ0n) is 16.0. The number of esters is 1. The molecule has 7 nitrogen and oxygen atoms in total. The van der Waals surface area contributed by atoms with Crippen LogP contribution in [0, 0.1) is 0 Å². The zero-order valence-corrected chi connectivity index (χ0v) is 16.9. The van der Waals surface area contributed by atoms with Crippen LogP contribution in [0.4, 0.5) is 4.79 Å². The highest BCUT2D eigenvalue weighted by molar-refractivity contribution is 8.46. The number of amides is 2. The van der Waals surface area contributed by atoms with Gasteiger partial charge in [-0.2, -0.15) is 0 Å². The van der Waals surface area contributed by atoms with Crippen molar-refractivity contribution in [1.82, 2.24) is 9.80 Å². The van der Waals surface area contributed by atoms with Crippen molar-refractivity contribution in [2.24, 2.45) is 0 Å². The van der Waals surface area contributed by atoms with Gasteiger partial charge in [-0.15, -0.1) is 10.0 Å². The van der Waals surface area contributed by atoms with E-state index in [0.29, 0.717) is 0 Å². The van der Waals surface area contributed by atoms with Gasteiger partial charge in [0.1, 0.15) is 12.6 Å². The smallest absolute Gasteiger partial charge is 0.330 e. The Morgan fingerprint density at radius 2 is 1.93 bits per heavy atom. The lowest BCUT2D eigenvalue weighted by Crippen LogP contribution is -2.57. The number of hydrogen-bond donors (Lipinski definition) is 1. The Hall–Kier alpha value is -2.06. The number of ether oxygens (including phenoxy) is 1. The number of carbonyl (C=O) groups is 3. The van der Waals surface area contributed by atoms with Gasteiger partial charge in [0, 0.05) is 18.8 Å². The van der Waals surface area contributed by atoms with E-state index in [1.54, 1.807) is 27.9 Å². The summed E-state index contributed by atoms with van der Waals surface area (Å²) in [4.78, 5) is 41.3. The number of rotatable bonds is 4. The normalized spacial score (nSPS) is 28.3. The highest BCUT2D eigenvalue weighted by atomic mass is 32.3. The monoisotopic (exact) mass is 394 g/mol. The van der Waals surface area contributed by atoms with E-state index in [-0.39, 0.29) is 30.1 Å². The predicted octanol–water partition coefficient (Wildman–Crippen LogP) is 1.88. The summed E-state index contributed by atoms with van der Waals surface area (Å²) >= 11 is 0. The first-order valence-electron chi connectivity index (χ1n) is 8.82. The number of fused-ring (bicyclic) bond motifs is 1. The summed E-state index contributed by atoms with van der Waals surface area (Å²) in [7, 11) is 0.908. The van der Waals surface area contributed by atoms with Crippen LogP contribution in [0.1, 0.15) is 25.8 Å². The summed E-state index contributed by atoms with van der Waals surface area (Å²) in [6, 6.07) is 8.41. The lowest BCUT2D eigenvalue weighted by Gasteiger charge is -2.50. The van der Waals surface area contributed by atoms with E-state index in [0.717, 1.165) is 5.56 Å². The number of nitrogens with zero attached hydrogens (tertiary/aromatic N) is 2. The van der Waals surface area contributed by atoms with Crippen molar-refractivity contribution in [1.29, 1.82) is 0 Å². The standard InChI is InChI=1S/C19H26N2O5S/c1-19(2)16(17(24)26-11-13-8-6-5-7-9-13)21-14(23)10-15(21)27(19,12-22)18(25)20(3)4/h5-9,15-16,22H,10-12H2,1-4H3/t15-,16+/m1/s1. The Kier molecular flexibility index (Phi) is 4.98. The highest BCUT2D eigenvalue weighted by Gasteiger charge is 2.71. The summed E-state index contributed by atoms with van der Waals surface area (Å²) < 4.78 is 4.61. The molecule has 0 aliphatic carbocycles. The van der Waals surface area contributed by atoms with Crippen molar-refractivity contribution in [3.63, 3.8) is 0 Å². The average molecular weight is 394 g/mol. The zero-order chi connectivity index (χ0) is 20.0. The molecule has 2 aliphatic rings. The van der Waals surface area contributed by atoms with Crippen molar-refractivity contribution >= 4 is 27.1 Å². The van der Waals surface area contributed by atoms with Crippen LogP contribution in [0.15, 0.2) is 30.3 Å². The number of aliphatic hydroxyl groups excluding tert-OH is 1. The molecule has 27 heavy (non-hydrogen) atoms. The molecule has 1 aromatic rings. The lowest BCUT2D eigenvalue weighted by molar-refractivity contribution is -0.162. The van der Waals surface area contributed by atoms with Crippen LogP contribution in [0.2, 0.25) is 0 Å². The van der Waals surface area contributed by atoms with Crippen LogP contribution in [-0.4, -0.2) is 68.2 Å². The molecule has 148 valence electrons. The second kappa shape index (κ2) is 6.83. The molecule has 3 atom stereocenters. The summed E-state index contributed by atoms with van der Waals surface area (Å²) in [5.41, 5.74) is 0.846. The second-order valence-electron chi connectivity index (χ2n) is 7.64. The number of β-lactam (4-membered cyclic amide) rings is 1. The largest absolute Gasteiger partial charge is 0.459 e. The quantitative estimate of drug-likeness (QED) is 0.622. The third kappa shape index (κ3) is 2.73. The Labute approximate surface area is 160 Å². The number of hydrogen-bond acceptors (Lipinski definition) is 5. The number of carbonyl (C=O) groups excluding carboxylic acids is 3. The van der Waals surface area contributed by atoms with Crippen LogP contribution < -0.4 is 0 Å². The molecular weight excluding hydrogens is 368 g/mol. The fourth-order valence-electron chi connectivity index (χ4n) is 4.11. The van der Waals surface area contributed by atoms with Gasteiger partial charge in [0.15, 0.2) is 0 Å². The molecule has 2 saturated heterocycles. The van der Waals surface area contributed by atoms with Gasteiger partial charge in [-0.1, -0.05) is 30.3 Å². The summed E-state index contributed by atoms with van der Waals surface area (Å²) in [5.74, 6) is -1.06. The molecule has 2 amide bonds. The molecule has 0 saturated carbocycles. The Balaban J connectivity index is 1.92. The van der Waals surface area contributed by atoms with E-state index in [1.807, 2.05) is 30.3 Å². The molecule has 2 aliphatic heterocycles. The molecule has 0 bridgehead atoms. The van der Waals surface area contributed by atoms with E-state index in [9.17, 15) is 19.5 Å². The maximum Gasteiger partial charge on any atom is 0.330 e. The van der Waals surface area contributed by atoms with Gasteiger partial charge in [0.2, 0.25) is 5.91 Å². The van der Waals surface area contributed by atoms with Crippen molar-refractivity contribution in [2.75, 3.05) is 20.0 Å². The van der Waals surface area contributed by atoms with Gasteiger partial charge in [-0.05, 0) is 19.4 Å². The minimum Gasteiger partial charge on any atom is -0.459 e. The molecule has 1 aromatic carbocycles. The first-order valence-corrected chi connectivity index (χ1v) is 10.7. The Morgan fingerprint density at radius 3 is 2.44 bits per heavy atom. The van der Waals surface area contributed by atoms with Gasteiger partial charge in [0.25, 0.3) is 5.24 Å². The van der Waals surface area contributed by atoms with E-state index in [1.165, 1.54) is 9.80 Å². The van der Waals surface area contributed by atoms with Crippen molar-refractivity contribution in [2.45, 2.75) is 43.0 Å². The van der Waals surface area contributed by atoms with Crippen LogP contribution in [0.25, 0.3) is 0 Å². The topological polar surface area (TPSA) is 87.2 Å². The molecule has 0 unspecified atom stereocenters. The lowest BCUT2D eigenvalue weighted by atomic mass is 9.98. The van der Waals surface area contributed by atoms with Crippen molar-refractivity contribution in [3.05, 3.63) is 35.9 Å². The molecule has 8 heteroatoms. The summed E-state index contributed by atoms with van der Waals surface area (Å²) in [6.07, 6.45) is 0.182. The van der Waals surface area contributed by atoms with Crippen LogP contribution >= 0.6 is 10.0 Å². The maximum atomic E-state index is 13.1. The van der Waals surface area contributed by atoms with Gasteiger partial charge >= 0.3 is 5.97 Å². The van der Waals surface area contributed by atoms with E-state index in [4.69, 9.17) is 4.74 Å². The second-order valence-corrected chi connectivity index (χ2v) is 11.4. The summed E-state index contributed by atoms with van der Waals surface area (Å²) in [6.45, 7) is 3.68. The van der Waals surface area contributed by atoms with Crippen LogP contribution in [-0.2, 0) is 20.9 Å². The molecule has 0 spiro atoms. The Bertz CT molecular complexity index is 767. The third-order valence-electron chi connectivity index (χ3n) is 5.61. The average Bonchev–Trinajstić information content (AvgIpc) is 2.80. The van der Waals surface area contributed by atoms with Crippen LogP contribution in [0.3, 0.4) is 0 Å². The first-order chi connectivity index (χ1) is 12.7. The molecule has 0 radical (unpaired) electrons. The molecular formula is C19H26N2O5S. The third-order valence-corrected chi connectivity index (χ3v) is 10.4. The van der Waals surface area contributed by atoms with Crippen LogP contribution in [0.5, 0.6) is 0 Å². The van der Waals surface area contributed by atoms with E-state index >= 15 is 0 Å². The molecule has 2 fully saturated rings. The van der Waals surface area contributed by atoms with Gasteiger partial charge in [-0.25, -0.2) is 4.79 Å². The highest BCUT2D eigenvalue weighted by Crippen LogP contribution is 2.74. The SMILES string of the molecule is CN(C)C(=O)[S@]1(CO)[C@@H]2CC(=O)N2[C@@H](C(=O)OCc2ccccc2)C1(C)C. The first kappa shape index (κ1) is 19.7. The van der Waals surface area contributed by atoms with Crippen molar-refractivity contribution < 1.29 is 24.2 Å². The minimum atomic E-state index is -2.36. The number of benzene rings is 1. The fourth-order valence-corrected chi connectivity index (χ4v) is 8.43. The number of aliphatic hydroxyl groups is 1. The molecule has 2 heterocycles. The minimum absolute atomic E-state index is 0.0992. The van der Waals surface area contributed by atoms with Crippen molar-refractivity contribution in [3.8, 4) is 0 Å². The predicted molar refractivity (Wildman–Crippen MR) is 103 cm³/mol. The molecule has 0 aromatic heterocycles. The maximum absolute atomic E-state index is 13.1. The fraction of sp³-hybridized carbons (Fsp3) is 0.526. The summed E-state index contributed by atoms with van der Waals surface area (Å²) in [5, 5.41) is 9.67.